The predicted molar refractivity (Wildman–Crippen MR) is 89.7 cm³/mol. The molecule has 3 aromatic heterocycles. The number of hydrogen-bond acceptors (Lipinski definition) is 7. The summed E-state index contributed by atoms with van der Waals surface area (Å²) in [6.07, 6.45) is 5.44. The quantitative estimate of drug-likeness (QED) is 0.687. The van der Waals surface area contributed by atoms with Gasteiger partial charge in [0.05, 0.1) is 5.75 Å². The molecule has 0 amide bonds. The lowest BCUT2D eigenvalue weighted by atomic mass is 10.2. The van der Waals surface area contributed by atoms with Gasteiger partial charge in [-0.05, 0) is 18.6 Å². The lowest BCUT2D eigenvalue weighted by Crippen LogP contribution is -2.03. The highest BCUT2D eigenvalue weighted by molar-refractivity contribution is 7.98. The highest BCUT2D eigenvalue weighted by Gasteiger charge is 2.14. The number of aromatic nitrogens is 4. The molecule has 0 saturated heterocycles. The molecule has 0 aliphatic rings. The molecule has 0 aliphatic carbocycles. The second kappa shape index (κ2) is 7.31. The van der Waals surface area contributed by atoms with Crippen LogP contribution in [0.5, 0.6) is 5.75 Å². The van der Waals surface area contributed by atoms with E-state index in [1.807, 2.05) is 16.7 Å². The lowest BCUT2D eigenvalue weighted by Gasteiger charge is -2.08. The summed E-state index contributed by atoms with van der Waals surface area (Å²) in [7, 11) is 0. The van der Waals surface area contributed by atoms with Gasteiger partial charge in [0.25, 0.3) is 0 Å². The zero-order valence-electron chi connectivity index (χ0n) is 13.0. The van der Waals surface area contributed by atoms with Crippen molar-refractivity contribution >= 4 is 11.8 Å². The van der Waals surface area contributed by atoms with Crippen molar-refractivity contribution in [1.29, 1.82) is 0 Å². The fourth-order valence-electron chi connectivity index (χ4n) is 2.19. The SMILES string of the molecule is CCCn1c(SCc2cc(=O)c(O)co2)nnc1-c1ccncc1. The van der Waals surface area contributed by atoms with Crippen LogP contribution in [0.25, 0.3) is 11.4 Å². The van der Waals surface area contributed by atoms with E-state index in [0.29, 0.717) is 11.5 Å². The Hall–Kier alpha value is -2.61. The standard InChI is InChI=1S/C16H16N4O3S/c1-2-7-20-15(11-3-5-17-6-4-11)18-19-16(20)24-10-12-8-13(21)14(22)9-23-12/h3-6,8-9,22H,2,7,10H2,1H3. The molecule has 0 atom stereocenters. The third-order valence-corrected chi connectivity index (χ3v) is 4.30. The van der Waals surface area contributed by atoms with Crippen LogP contribution in [0, 0.1) is 0 Å². The molecule has 3 heterocycles. The Morgan fingerprint density at radius 2 is 2.08 bits per heavy atom. The fraction of sp³-hybridized carbons (Fsp3) is 0.250. The van der Waals surface area contributed by atoms with E-state index in [1.54, 1.807) is 12.4 Å². The van der Waals surface area contributed by atoms with Crippen LogP contribution < -0.4 is 5.43 Å². The molecule has 0 spiro atoms. The number of aromatic hydroxyl groups is 1. The summed E-state index contributed by atoms with van der Waals surface area (Å²) < 4.78 is 7.26. The van der Waals surface area contributed by atoms with Crippen LogP contribution in [0.3, 0.4) is 0 Å². The predicted octanol–water partition coefficient (Wildman–Crippen LogP) is 2.70. The van der Waals surface area contributed by atoms with Crippen molar-refractivity contribution in [2.24, 2.45) is 0 Å². The summed E-state index contributed by atoms with van der Waals surface area (Å²) in [5, 5.41) is 18.5. The van der Waals surface area contributed by atoms with Gasteiger partial charge in [0, 0.05) is 30.6 Å². The zero-order valence-corrected chi connectivity index (χ0v) is 13.9. The van der Waals surface area contributed by atoms with Crippen molar-refractivity contribution in [3.8, 4) is 17.1 Å². The highest BCUT2D eigenvalue weighted by Crippen LogP contribution is 2.26. The maximum absolute atomic E-state index is 11.5. The number of pyridine rings is 1. The minimum Gasteiger partial charge on any atom is -0.502 e. The average Bonchev–Trinajstić information content (AvgIpc) is 3.00. The molecule has 0 aliphatic heterocycles. The highest BCUT2D eigenvalue weighted by atomic mass is 32.2. The van der Waals surface area contributed by atoms with Gasteiger partial charge in [-0.3, -0.25) is 9.78 Å². The third kappa shape index (κ3) is 3.48. The Balaban J connectivity index is 1.84. The topological polar surface area (TPSA) is 94.0 Å². The van der Waals surface area contributed by atoms with E-state index in [2.05, 4.69) is 22.1 Å². The van der Waals surface area contributed by atoms with Gasteiger partial charge in [0.15, 0.2) is 16.7 Å². The normalized spacial score (nSPS) is 10.9. The first-order valence-corrected chi connectivity index (χ1v) is 8.44. The Labute approximate surface area is 142 Å². The lowest BCUT2D eigenvalue weighted by molar-refractivity contribution is 0.419. The molecule has 3 aromatic rings. The molecule has 0 fully saturated rings. The Kier molecular flexibility index (Phi) is 4.95. The largest absolute Gasteiger partial charge is 0.502 e. The third-order valence-electron chi connectivity index (χ3n) is 3.31. The van der Waals surface area contributed by atoms with Crippen LogP contribution in [0.4, 0.5) is 0 Å². The first-order chi connectivity index (χ1) is 11.7. The Morgan fingerprint density at radius 1 is 1.29 bits per heavy atom. The summed E-state index contributed by atoms with van der Waals surface area (Å²) >= 11 is 1.43. The summed E-state index contributed by atoms with van der Waals surface area (Å²) in [6.45, 7) is 2.87. The van der Waals surface area contributed by atoms with Crippen molar-refractivity contribution in [1.82, 2.24) is 19.7 Å². The first kappa shape index (κ1) is 16.3. The molecule has 0 radical (unpaired) electrons. The maximum Gasteiger partial charge on any atom is 0.226 e. The monoisotopic (exact) mass is 344 g/mol. The molecular formula is C16H16N4O3S. The van der Waals surface area contributed by atoms with Gasteiger partial charge >= 0.3 is 0 Å². The van der Waals surface area contributed by atoms with Crippen LogP contribution >= 0.6 is 11.8 Å². The summed E-state index contributed by atoms with van der Waals surface area (Å²) in [5.41, 5.74) is 0.498. The number of hydrogen-bond donors (Lipinski definition) is 1. The molecule has 3 rings (SSSR count). The zero-order chi connectivity index (χ0) is 16.9. The molecular weight excluding hydrogens is 328 g/mol. The van der Waals surface area contributed by atoms with Crippen molar-refractivity contribution in [2.75, 3.05) is 0 Å². The van der Waals surface area contributed by atoms with E-state index in [9.17, 15) is 9.90 Å². The maximum atomic E-state index is 11.5. The van der Waals surface area contributed by atoms with E-state index >= 15 is 0 Å². The molecule has 0 bridgehead atoms. The average molecular weight is 344 g/mol. The summed E-state index contributed by atoms with van der Waals surface area (Å²) in [6, 6.07) is 5.07. The molecule has 1 N–H and O–H groups in total. The van der Waals surface area contributed by atoms with Gasteiger partial charge in [-0.2, -0.15) is 0 Å². The molecule has 124 valence electrons. The molecule has 24 heavy (non-hydrogen) atoms. The smallest absolute Gasteiger partial charge is 0.226 e. The van der Waals surface area contributed by atoms with Crippen LogP contribution in [0.2, 0.25) is 0 Å². The van der Waals surface area contributed by atoms with Crippen molar-refractivity contribution in [2.45, 2.75) is 30.8 Å². The van der Waals surface area contributed by atoms with E-state index in [0.717, 1.165) is 35.8 Å². The van der Waals surface area contributed by atoms with E-state index in [1.165, 1.54) is 17.8 Å². The van der Waals surface area contributed by atoms with Crippen LogP contribution in [0.15, 0.2) is 51.2 Å². The molecule has 8 heteroatoms. The van der Waals surface area contributed by atoms with Crippen molar-refractivity contribution < 1.29 is 9.52 Å². The van der Waals surface area contributed by atoms with Crippen LogP contribution in [-0.4, -0.2) is 24.9 Å². The summed E-state index contributed by atoms with van der Waals surface area (Å²) in [5.74, 6) is 1.29. The van der Waals surface area contributed by atoms with Gasteiger partial charge in [-0.15, -0.1) is 10.2 Å². The Morgan fingerprint density at radius 3 is 2.79 bits per heavy atom. The van der Waals surface area contributed by atoms with Crippen molar-refractivity contribution in [3.63, 3.8) is 0 Å². The number of nitrogens with zero attached hydrogens (tertiary/aromatic N) is 4. The van der Waals surface area contributed by atoms with Gasteiger partial charge in [0.1, 0.15) is 12.0 Å². The minimum atomic E-state index is -0.454. The molecule has 7 nitrogen and oxygen atoms in total. The molecule has 0 saturated carbocycles. The number of thioether (sulfide) groups is 1. The second-order valence-corrected chi connectivity index (χ2v) is 6.02. The Bertz CT molecular complexity index is 877. The summed E-state index contributed by atoms with van der Waals surface area (Å²) in [4.78, 5) is 15.5. The molecule has 0 aromatic carbocycles. The first-order valence-electron chi connectivity index (χ1n) is 7.46. The van der Waals surface area contributed by atoms with Gasteiger partial charge in [-0.1, -0.05) is 18.7 Å². The van der Waals surface area contributed by atoms with Crippen molar-refractivity contribution in [3.05, 3.63) is 52.8 Å². The fourth-order valence-corrected chi connectivity index (χ4v) is 3.05. The van der Waals surface area contributed by atoms with E-state index < -0.39 is 11.2 Å². The van der Waals surface area contributed by atoms with Gasteiger partial charge in [0.2, 0.25) is 5.43 Å². The van der Waals surface area contributed by atoms with Crippen LogP contribution in [0.1, 0.15) is 19.1 Å². The minimum absolute atomic E-state index is 0.391. The van der Waals surface area contributed by atoms with E-state index in [-0.39, 0.29) is 0 Å². The van der Waals surface area contributed by atoms with Gasteiger partial charge < -0.3 is 14.1 Å². The van der Waals surface area contributed by atoms with E-state index in [4.69, 9.17) is 4.42 Å². The second-order valence-electron chi connectivity index (χ2n) is 5.08. The molecule has 0 unspecified atom stereocenters. The van der Waals surface area contributed by atoms with Crippen LogP contribution in [-0.2, 0) is 12.3 Å². The van der Waals surface area contributed by atoms with Gasteiger partial charge in [-0.25, -0.2) is 0 Å². The number of rotatable bonds is 6.